The summed E-state index contributed by atoms with van der Waals surface area (Å²) in [4.78, 5) is 3.60. The van der Waals surface area contributed by atoms with Crippen LogP contribution in [0.5, 0.6) is 0 Å². The van der Waals surface area contributed by atoms with E-state index in [4.69, 9.17) is 0 Å². The minimum absolute atomic E-state index is 0.922. The van der Waals surface area contributed by atoms with E-state index in [1.807, 2.05) is 6.92 Å². The van der Waals surface area contributed by atoms with Crippen molar-refractivity contribution in [3.8, 4) is 0 Å². The molecule has 0 rings (SSSR count). The van der Waals surface area contributed by atoms with E-state index in [0.29, 0.717) is 0 Å². The Balaban J connectivity index is 3.79. The number of hydrogen-bond donors (Lipinski definition) is 1. The number of nitrogens with one attached hydrogen (secondary N) is 1. The van der Waals surface area contributed by atoms with E-state index in [9.17, 15) is 0 Å². The van der Waals surface area contributed by atoms with Gasteiger partial charge in [-0.05, 0) is 19.3 Å². The molecule has 0 bridgehead atoms. The predicted molar refractivity (Wildman–Crippen MR) is 41.3 cm³/mol. The minimum atomic E-state index is 0.922. The van der Waals surface area contributed by atoms with Crippen LogP contribution < -0.4 is 5.32 Å². The molecule has 0 fully saturated rings. The molecule has 2 nitrogen and oxygen atoms in total. The largest absolute Gasteiger partial charge is 0.364 e. The highest BCUT2D eigenvalue weighted by atomic mass is 14.9. The summed E-state index contributed by atoms with van der Waals surface area (Å²) < 4.78 is 0. The zero-order valence-electron chi connectivity index (χ0n) is 5.72. The van der Waals surface area contributed by atoms with Crippen LogP contribution in [0.25, 0.3) is 0 Å². The van der Waals surface area contributed by atoms with Crippen molar-refractivity contribution >= 4 is 6.72 Å². The monoisotopic (exact) mass is 124 g/mol. The number of aliphatic imine (C=N–C) groups is 1. The van der Waals surface area contributed by atoms with Crippen LogP contribution in [0.2, 0.25) is 0 Å². The summed E-state index contributed by atoms with van der Waals surface area (Å²) in [6.07, 6.45) is 4.23. The molecule has 0 saturated carbocycles. The molecular weight excluding hydrogens is 112 g/mol. The lowest BCUT2D eigenvalue weighted by molar-refractivity contribution is 0.938. The van der Waals surface area contributed by atoms with Gasteiger partial charge in [-0.1, -0.05) is 13.5 Å². The van der Waals surface area contributed by atoms with E-state index in [2.05, 4.69) is 23.6 Å². The van der Waals surface area contributed by atoms with Gasteiger partial charge in [0.2, 0.25) is 0 Å². The zero-order valence-corrected chi connectivity index (χ0v) is 5.72. The molecule has 0 aromatic heterocycles. The molecule has 0 aromatic rings. The smallest absolute Gasteiger partial charge is 0.0453 e. The van der Waals surface area contributed by atoms with Gasteiger partial charge in [-0.2, -0.15) is 0 Å². The highest BCUT2D eigenvalue weighted by Gasteiger charge is 1.84. The van der Waals surface area contributed by atoms with Gasteiger partial charge in [-0.15, -0.1) is 0 Å². The fourth-order valence-electron chi connectivity index (χ4n) is 0.472. The van der Waals surface area contributed by atoms with Gasteiger partial charge in [0.25, 0.3) is 0 Å². The Bertz CT molecular complexity index is 125. The van der Waals surface area contributed by atoms with Crippen LogP contribution in [0.4, 0.5) is 0 Å². The summed E-state index contributed by atoms with van der Waals surface area (Å²) in [7, 11) is 0. The second-order valence-corrected chi connectivity index (χ2v) is 1.54. The van der Waals surface area contributed by atoms with Crippen LogP contribution in [-0.4, -0.2) is 6.72 Å². The second kappa shape index (κ2) is 5.09. The molecule has 0 aliphatic heterocycles. The number of nitrogens with zero attached hydrogens (tertiary/aromatic N) is 1. The molecule has 9 heavy (non-hydrogen) atoms. The first-order valence-electron chi connectivity index (χ1n) is 2.87. The maximum atomic E-state index is 3.60. The van der Waals surface area contributed by atoms with E-state index in [-0.39, 0.29) is 0 Å². The fraction of sp³-hybridized carbons (Fsp3) is 0.286. The summed E-state index contributed by atoms with van der Waals surface area (Å²) in [5, 5.41) is 2.92. The average molecular weight is 124 g/mol. The van der Waals surface area contributed by atoms with Crippen molar-refractivity contribution in [2.24, 2.45) is 4.99 Å². The summed E-state index contributed by atoms with van der Waals surface area (Å²) in [6.45, 7) is 8.88. The molecule has 0 saturated heterocycles. The van der Waals surface area contributed by atoms with Crippen molar-refractivity contribution in [3.05, 3.63) is 24.7 Å². The van der Waals surface area contributed by atoms with E-state index in [1.165, 1.54) is 0 Å². The van der Waals surface area contributed by atoms with E-state index in [1.54, 1.807) is 12.4 Å². The summed E-state index contributed by atoms with van der Waals surface area (Å²) in [5.41, 5.74) is 1.03. The third-order valence-corrected chi connectivity index (χ3v) is 0.915. The minimum Gasteiger partial charge on any atom is -0.364 e. The maximum absolute atomic E-state index is 3.60. The second-order valence-electron chi connectivity index (χ2n) is 1.54. The molecule has 0 unspecified atom stereocenters. The third kappa shape index (κ3) is 3.53. The van der Waals surface area contributed by atoms with Crippen molar-refractivity contribution in [1.29, 1.82) is 0 Å². The van der Waals surface area contributed by atoms with E-state index >= 15 is 0 Å². The van der Waals surface area contributed by atoms with E-state index in [0.717, 1.165) is 12.1 Å². The summed E-state index contributed by atoms with van der Waals surface area (Å²) in [5.74, 6) is 0. The quantitative estimate of drug-likeness (QED) is 0.566. The van der Waals surface area contributed by atoms with E-state index < -0.39 is 0 Å². The van der Waals surface area contributed by atoms with Crippen molar-refractivity contribution in [1.82, 2.24) is 5.32 Å². The van der Waals surface area contributed by atoms with Gasteiger partial charge in [0, 0.05) is 11.9 Å². The average Bonchev–Trinajstić information content (AvgIpc) is 1.88. The van der Waals surface area contributed by atoms with Crippen LogP contribution in [-0.2, 0) is 0 Å². The van der Waals surface area contributed by atoms with Crippen molar-refractivity contribution in [2.45, 2.75) is 13.3 Å². The number of hydrogen-bond acceptors (Lipinski definition) is 2. The molecule has 2 heteroatoms. The Morgan fingerprint density at radius 1 is 1.78 bits per heavy atom. The highest BCUT2D eigenvalue weighted by Crippen LogP contribution is 1.93. The Morgan fingerprint density at radius 2 is 2.44 bits per heavy atom. The van der Waals surface area contributed by atoms with Crippen LogP contribution in [0.1, 0.15) is 13.3 Å². The van der Waals surface area contributed by atoms with Crippen LogP contribution in [0, 0.1) is 0 Å². The highest BCUT2D eigenvalue weighted by molar-refractivity contribution is 5.26. The van der Waals surface area contributed by atoms with Gasteiger partial charge in [0.05, 0.1) is 0 Å². The van der Waals surface area contributed by atoms with Gasteiger partial charge in [-0.25, -0.2) is 0 Å². The van der Waals surface area contributed by atoms with Gasteiger partial charge in [0.15, 0.2) is 0 Å². The van der Waals surface area contributed by atoms with Crippen LogP contribution >= 0.6 is 0 Å². The van der Waals surface area contributed by atoms with Crippen molar-refractivity contribution < 1.29 is 0 Å². The Kier molecular flexibility index (Phi) is 4.50. The predicted octanol–water partition coefficient (Wildman–Crippen LogP) is 1.67. The SMILES string of the molecule is C=CN/C(=C\N=C)CC. The molecule has 0 atom stereocenters. The molecule has 0 aliphatic rings. The number of allylic oxidation sites excluding steroid dienone is 1. The fourth-order valence-corrected chi connectivity index (χ4v) is 0.472. The normalized spacial score (nSPS) is 10.6. The zero-order chi connectivity index (χ0) is 7.11. The molecule has 0 radical (unpaired) electrons. The number of rotatable bonds is 4. The van der Waals surface area contributed by atoms with Gasteiger partial charge >= 0.3 is 0 Å². The van der Waals surface area contributed by atoms with Crippen LogP contribution in [0.15, 0.2) is 29.7 Å². The molecule has 0 amide bonds. The van der Waals surface area contributed by atoms with Gasteiger partial charge in [-0.3, -0.25) is 4.99 Å². The standard InChI is InChI=1S/C7H12N2/c1-4-7(6-8-3)9-5-2/h5-6,9H,2-4H2,1H3/b7-6-. The maximum Gasteiger partial charge on any atom is 0.0453 e. The molecule has 0 aromatic carbocycles. The Hall–Kier alpha value is -1.05. The Labute approximate surface area is 56.0 Å². The van der Waals surface area contributed by atoms with Gasteiger partial charge in [0.1, 0.15) is 0 Å². The molecule has 0 heterocycles. The summed E-state index contributed by atoms with van der Waals surface area (Å²) in [6, 6.07) is 0. The first kappa shape index (κ1) is 7.95. The lowest BCUT2D eigenvalue weighted by Crippen LogP contribution is -2.01. The lowest BCUT2D eigenvalue weighted by Gasteiger charge is -1.99. The molecule has 1 N–H and O–H groups in total. The van der Waals surface area contributed by atoms with Crippen molar-refractivity contribution in [2.75, 3.05) is 0 Å². The molecule has 50 valence electrons. The Morgan fingerprint density at radius 3 is 2.78 bits per heavy atom. The first-order chi connectivity index (χ1) is 4.35. The molecule has 0 spiro atoms. The molecular formula is C7H12N2. The van der Waals surface area contributed by atoms with Crippen LogP contribution in [0.3, 0.4) is 0 Å². The first-order valence-corrected chi connectivity index (χ1v) is 2.87. The summed E-state index contributed by atoms with van der Waals surface area (Å²) >= 11 is 0. The van der Waals surface area contributed by atoms with Gasteiger partial charge < -0.3 is 5.32 Å². The third-order valence-electron chi connectivity index (χ3n) is 0.915. The lowest BCUT2D eigenvalue weighted by atomic mass is 10.4. The molecule has 0 aliphatic carbocycles. The topological polar surface area (TPSA) is 24.4 Å². The van der Waals surface area contributed by atoms with Crippen molar-refractivity contribution in [3.63, 3.8) is 0 Å².